The number of likely N-dealkylation sites (tertiary alicyclic amines) is 1. The van der Waals surface area contributed by atoms with Crippen molar-refractivity contribution in [3.63, 3.8) is 0 Å². The number of hydrogen-bond donors (Lipinski definition) is 3. The lowest BCUT2D eigenvalue weighted by molar-refractivity contribution is 0.0787. The number of H-pyrrole nitrogens is 1. The van der Waals surface area contributed by atoms with Gasteiger partial charge in [0.25, 0.3) is 5.91 Å². The molecule has 0 bridgehead atoms. The van der Waals surface area contributed by atoms with E-state index in [-0.39, 0.29) is 29.3 Å². The number of nitrogens with one attached hydrogen (secondary N) is 3. The fraction of sp³-hybridized carbons (Fsp3) is 0.615. The Morgan fingerprint density at radius 3 is 2.64 bits per heavy atom. The SMILES string of the molecule is CNC(C)CNS(=O)(=O)c1c[nH]c(C(=O)N2CCCC2)c1.Cl. The molecule has 0 saturated carbocycles. The summed E-state index contributed by atoms with van der Waals surface area (Å²) in [6.07, 6.45) is 3.36. The number of carbonyl (C=O) groups excluding carboxylic acids is 1. The second kappa shape index (κ2) is 7.96. The van der Waals surface area contributed by atoms with E-state index in [9.17, 15) is 13.2 Å². The summed E-state index contributed by atoms with van der Waals surface area (Å²) in [4.78, 5) is 16.8. The standard InChI is InChI=1S/C13H22N4O3S.ClH/c1-10(14-2)8-16-21(19,20)11-7-12(15-9-11)13(18)17-5-3-4-6-17;/h7,9-10,14-16H,3-6,8H2,1-2H3;1H. The molecule has 2 heterocycles. The lowest BCUT2D eigenvalue weighted by Crippen LogP contribution is -2.37. The zero-order chi connectivity index (χ0) is 15.5. The minimum Gasteiger partial charge on any atom is -0.356 e. The van der Waals surface area contributed by atoms with E-state index < -0.39 is 10.0 Å². The minimum atomic E-state index is -3.59. The molecule has 3 N–H and O–H groups in total. The first-order valence-electron chi connectivity index (χ1n) is 7.08. The first-order chi connectivity index (χ1) is 9.94. The van der Waals surface area contributed by atoms with Crippen molar-refractivity contribution in [1.82, 2.24) is 19.9 Å². The first-order valence-corrected chi connectivity index (χ1v) is 8.57. The average Bonchev–Trinajstić information content (AvgIpc) is 3.14. The van der Waals surface area contributed by atoms with Gasteiger partial charge in [0.2, 0.25) is 10.0 Å². The lowest BCUT2D eigenvalue weighted by Gasteiger charge is -2.13. The van der Waals surface area contributed by atoms with Crippen molar-refractivity contribution in [2.24, 2.45) is 0 Å². The maximum atomic E-state index is 12.2. The Bertz CT molecular complexity index is 596. The number of aromatic amines is 1. The molecule has 22 heavy (non-hydrogen) atoms. The third-order valence-electron chi connectivity index (χ3n) is 3.66. The topological polar surface area (TPSA) is 94.3 Å². The number of amides is 1. The summed E-state index contributed by atoms with van der Waals surface area (Å²) < 4.78 is 26.8. The molecule has 9 heteroatoms. The smallest absolute Gasteiger partial charge is 0.270 e. The molecule has 2 rings (SSSR count). The molecule has 126 valence electrons. The molecule has 0 aromatic carbocycles. The summed E-state index contributed by atoms with van der Waals surface area (Å²) in [5.41, 5.74) is 0.318. The number of halogens is 1. The molecule has 0 aliphatic carbocycles. The van der Waals surface area contributed by atoms with E-state index >= 15 is 0 Å². The Hall–Kier alpha value is -1.09. The monoisotopic (exact) mass is 350 g/mol. The van der Waals surface area contributed by atoms with Gasteiger partial charge in [0, 0.05) is 31.9 Å². The van der Waals surface area contributed by atoms with Gasteiger partial charge in [-0.1, -0.05) is 0 Å². The molecule has 0 radical (unpaired) electrons. The number of rotatable bonds is 6. The second-order valence-corrected chi connectivity index (χ2v) is 7.06. The highest BCUT2D eigenvalue weighted by Gasteiger charge is 2.23. The Kier molecular flexibility index (Phi) is 6.86. The lowest BCUT2D eigenvalue weighted by atomic mass is 10.4. The molecule has 1 aromatic rings. The van der Waals surface area contributed by atoms with Crippen molar-refractivity contribution in [3.8, 4) is 0 Å². The van der Waals surface area contributed by atoms with Gasteiger partial charge in [-0.05, 0) is 32.9 Å². The van der Waals surface area contributed by atoms with Gasteiger partial charge in [0.15, 0.2) is 0 Å². The molecule has 0 spiro atoms. The third-order valence-corrected chi connectivity index (χ3v) is 5.07. The highest BCUT2D eigenvalue weighted by Crippen LogP contribution is 2.15. The van der Waals surface area contributed by atoms with E-state index in [1.807, 2.05) is 6.92 Å². The number of carbonyl (C=O) groups is 1. The number of hydrogen-bond acceptors (Lipinski definition) is 4. The molecule has 1 amide bonds. The molecule has 7 nitrogen and oxygen atoms in total. The number of likely N-dealkylation sites (N-methyl/N-ethyl adjacent to an activating group) is 1. The van der Waals surface area contributed by atoms with Gasteiger partial charge in [-0.3, -0.25) is 4.79 Å². The van der Waals surface area contributed by atoms with Crippen LogP contribution in [0.2, 0.25) is 0 Å². The van der Waals surface area contributed by atoms with Crippen LogP contribution in [0.15, 0.2) is 17.2 Å². The largest absolute Gasteiger partial charge is 0.356 e. The maximum absolute atomic E-state index is 12.2. The summed E-state index contributed by atoms with van der Waals surface area (Å²) >= 11 is 0. The highest BCUT2D eigenvalue weighted by molar-refractivity contribution is 7.89. The first kappa shape index (κ1) is 19.0. The molecular formula is C13H23ClN4O3S. The molecule has 1 fully saturated rings. The van der Waals surface area contributed by atoms with E-state index in [0.717, 1.165) is 25.9 Å². The van der Waals surface area contributed by atoms with E-state index in [0.29, 0.717) is 12.2 Å². The fourth-order valence-electron chi connectivity index (χ4n) is 2.16. The van der Waals surface area contributed by atoms with Crippen LogP contribution in [0.1, 0.15) is 30.3 Å². The molecular weight excluding hydrogens is 328 g/mol. The molecule has 1 atom stereocenters. The Morgan fingerprint density at radius 1 is 1.41 bits per heavy atom. The van der Waals surface area contributed by atoms with E-state index in [1.54, 1.807) is 11.9 Å². The van der Waals surface area contributed by atoms with E-state index in [4.69, 9.17) is 0 Å². The third kappa shape index (κ3) is 4.45. The Balaban J connectivity index is 0.00000242. The normalized spacial score (nSPS) is 16.4. The summed E-state index contributed by atoms with van der Waals surface area (Å²) in [5.74, 6) is -0.141. The zero-order valence-corrected chi connectivity index (χ0v) is 14.4. The minimum absolute atomic E-state index is 0. The number of aromatic nitrogens is 1. The van der Waals surface area contributed by atoms with Crippen LogP contribution in [0.5, 0.6) is 0 Å². The van der Waals surface area contributed by atoms with Gasteiger partial charge in [-0.2, -0.15) is 0 Å². The van der Waals surface area contributed by atoms with Gasteiger partial charge in [-0.25, -0.2) is 13.1 Å². The van der Waals surface area contributed by atoms with Crippen molar-refractivity contribution >= 4 is 28.3 Å². The van der Waals surface area contributed by atoms with Gasteiger partial charge in [0.1, 0.15) is 10.6 Å². The summed E-state index contributed by atoms with van der Waals surface area (Å²) in [6.45, 7) is 3.64. The van der Waals surface area contributed by atoms with Crippen LogP contribution in [0, 0.1) is 0 Å². The predicted molar refractivity (Wildman–Crippen MR) is 86.9 cm³/mol. The van der Waals surface area contributed by atoms with E-state index in [2.05, 4.69) is 15.0 Å². The van der Waals surface area contributed by atoms with Crippen molar-refractivity contribution in [2.75, 3.05) is 26.7 Å². The van der Waals surface area contributed by atoms with Gasteiger partial charge < -0.3 is 15.2 Å². The van der Waals surface area contributed by atoms with Crippen molar-refractivity contribution in [3.05, 3.63) is 18.0 Å². The van der Waals surface area contributed by atoms with Crippen LogP contribution in [-0.4, -0.2) is 56.9 Å². The van der Waals surface area contributed by atoms with Gasteiger partial charge >= 0.3 is 0 Å². The number of nitrogens with zero attached hydrogens (tertiary/aromatic N) is 1. The fourth-order valence-corrected chi connectivity index (χ4v) is 3.29. The van der Waals surface area contributed by atoms with Crippen LogP contribution < -0.4 is 10.0 Å². The van der Waals surface area contributed by atoms with Gasteiger partial charge in [0.05, 0.1) is 0 Å². The van der Waals surface area contributed by atoms with Crippen molar-refractivity contribution in [2.45, 2.75) is 30.7 Å². The molecule has 1 aromatic heterocycles. The molecule has 1 aliphatic rings. The average molecular weight is 351 g/mol. The summed E-state index contributed by atoms with van der Waals surface area (Å²) in [6, 6.07) is 1.43. The van der Waals surface area contributed by atoms with Crippen LogP contribution in [0.4, 0.5) is 0 Å². The Labute approximate surface area is 137 Å². The van der Waals surface area contributed by atoms with Crippen molar-refractivity contribution in [1.29, 1.82) is 0 Å². The molecule has 1 saturated heterocycles. The van der Waals surface area contributed by atoms with Crippen LogP contribution in [-0.2, 0) is 10.0 Å². The Morgan fingerprint density at radius 2 is 2.05 bits per heavy atom. The maximum Gasteiger partial charge on any atom is 0.270 e. The predicted octanol–water partition coefficient (Wildman–Crippen LogP) is 0.559. The highest BCUT2D eigenvalue weighted by atomic mass is 35.5. The van der Waals surface area contributed by atoms with Crippen molar-refractivity contribution < 1.29 is 13.2 Å². The van der Waals surface area contributed by atoms with Crippen LogP contribution in [0.3, 0.4) is 0 Å². The molecule has 1 unspecified atom stereocenters. The zero-order valence-electron chi connectivity index (χ0n) is 12.8. The molecule has 1 aliphatic heterocycles. The quantitative estimate of drug-likeness (QED) is 0.698. The van der Waals surface area contributed by atoms with Gasteiger partial charge in [-0.15, -0.1) is 12.4 Å². The van der Waals surface area contributed by atoms with E-state index in [1.165, 1.54) is 12.3 Å². The van der Waals surface area contributed by atoms with Crippen LogP contribution >= 0.6 is 12.4 Å². The number of sulfonamides is 1. The second-order valence-electron chi connectivity index (χ2n) is 5.29. The van der Waals surface area contributed by atoms with Crippen LogP contribution in [0.25, 0.3) is 0 Å². The summed E-state index contributed by atoms with van der Waals surface area (Å²) in [7, 11) is -1.83. The summed E-state index contributed by atoms with van der Waals surface area (Å²) in [5, 5.41) is 2.95.